The average Bonchev–Trinajstić information content (AvgIpc) is 2.10. The summed E-state index contributed by atoms with van der Waals surface area (Å²) in [6, 6.07) is 7.19. The summed E-state index contributed by atoms with van der Waals surface area (Å²) < 4.78 is 0. The Morgan fingerprint density at radius 2 is 2.00 bits per heavy atom. The third-order valence-corrected chi connectivity index (χ3v) is 1.92. The topological polar surface area (TPSA) is 17.1 Å². The summed E-state index contributed by atoms with van der Waals surface area (Å²) in [5.74, 6) is 1.91. The van der Waals surface area contributed by atoms with Crippen LogP contribution in [0.3, 0.4) is 0 Å². The predicted octanol–water partition coefficient (Wildman–Crippen LogP) is 2.97. The van der Waals surface area contributed by atoms with Crippen molar-refractivity contribution in [1.82, 2.24) is 0 Å². The third-order valence-electron chi connectivity index (χ3n) is 1.67. The first-order chi connectivity index (χ1) is 5.77. The van der Waals surface area contributed by atoms with Crippen molar-refractivity contribution in [2.75, 3.05) is 0 Å². The van der Waals surface area contributed by atoms with Gasteiger partial charge < -0.3 is 0 Å². The second kappa shape index (κ2) is 4.10. The first kappa shape index (κ1) is 9.05. The highest BCUT2D eigenvalue weighted by atomic mass is 35.5. The molecule has 12 heavy (non-hydrogen) atoms. The van der Waals surface area contributed by atoms with Gasteiger partial charge >= 0.3 is 0 Å². The van der Waals surface area contributed by atoms with Crippen LogP contribution in [0.5, 0.6) is 0 Å². The van der Waals surface area contributed by atoms with Gasteiger partial charge in [-0.3, -0.25) is 0 Å². The Hall–Kier alpha value is -1.04. The lowest BCUT2D eigenvalue weighted by molar-refractivity contribution is 0.569. The monoisotopic (exact) mass is 180 g/mol. The van der Waals surface area contributed by atoms with E-state index in [1.54, 1.807) is 12.1 Å². The molecular formula is C10H9ClO. The van der Waals surface area contributed by atoms with Gasteiger partial charge in [0.1, 0.15) is 5.94 Å². The molecule has 0 amide bonds. The van der Waals surface area contributed by atoms with E-state index in [0.29, 0.717) is 17.0 Å². The molecule has 0 aliphatic heterocycles. The van der Waals surface area contributed by atoms with E-state index in [4.69, 9.17) is 11.6 Å². The fourth-order valence-corrected chi connectivity index (χ4v) is 1.11. The Morgan fingerprint density at radius 1 is 1.42 bits per heavy atom. The van der Waals surface area contributed by atoms with E-state index in [1.807, 2.05) is 25.0 Å². The van der Waals surface area contributed by atoms with Gasteiger partial charge in [-0.1, -0.05) is 30.7 Å². The molecule has 0 fully saturated rings. The van der Waals surface area contributed by atoms with Crippen molar-refractivity contribution in [1.29, 1.82) is 0 Å². The molecule has 1 aromatic rings. The third kappa shape index (κ3) is 1.97. The highest BCUT2D eigenvalue weighted by Gasteiger charge is 1.98. The number of benzene rings is 1. The zero-order valence-corrected chi connectivity index (χ0v) is 7.56. The Labute approximate surface area is 76.7 Å². The number of rotatable bonds is 2. The van der Waals surface area contributed by atoms with Crippen molar-refractivity contribution in [3.63, 3.8) is 0 Å². The SMILES string of the molecule is CCC(=C=O)c1ccc(Cl)cc1. The van der Waals surface area contributed by atoms with Crippen molar-refractivity contribution >= 4 is 23.1 Å². The number of halogens is 1. The lowest BCUT2D eigenvalue weighted by atomic mass is 10.1. The zero-order chi connectivity index (χ0) is 8.97. The van der Waals surface area contributed by atoms with E-state index in [2.05, 4.69) is 0 Å². The second-order valence-corrected chi connectivity index (χ2v) is 2.88. The molecular weight excluding hydrogens is 172 g/mol. The summed E-state index contributed by atoms with van der Waals surface area (Å²) in [5.41, 5.74) is 1.59. The highest BCUT2D eigenvalue weighted by molar-refractivity contribution is 6.30. The molecule has 2 heteroatoms. The van der Waals surface area contributed by atoms with E-state index in [0.717, 1.165) is 5.56 Å². The summed E-state index contributed by atoms with van der Waals surface area (Å²) >= 11 is 5.69. The molecule has 0 atom stereocenters. The van der Waals surface area contributed by atoms with Gasteiger partial charge in [-0.05, 0) is 24.1 Å². The highest BCUT2D eigenvalue weighted by Crippen LogP contribution is 2.17. The minimum absolute atomic E-state index is 0.681. The van der Waals surface area contributed by atoms with Crippen LogP contribution >= 0.6 is 11.6 Å². The molecule has 0 aliphatic rings. The van der Waals surface area contributed by atoms with Crippen molar-refractivity contribution in [3.8, 4) is 0 Å². The fourth-order valence-electron chi connectivity index (χ4n) is 0.986. The molecule has 0 bridgehead atoms. The molecule has 0 unspecified atom stereocenters. The van der Waals surface area contributed by atoms with Crippen molar-refractivity contribution in [3.05, 3.63) is 34.9 Å². The van der Waals surface area contributed by atoms with Crippen LogP contribution in [0, 0.1) is 0 Å². The predicted molar refractivity (Wildman–Crippen MR) is 50.8 cm³/mol. The number of hydrogen-bond donors (Lipinski definition) is 0. The molecule has 1 aromatic carbocycles. The largest absolute Gasteiger partial charge is 0.233 e. The minimum atomic E-state index is 0.681. The summed E-state index contributed by atoms with van der Waals surface area (Å²) in [5, 5.41) is 0.681. The van der Waals surface area contributed by atoms with E-state index in [-0.39, 0.29) is 0 Å². The minimum Gasteiger partial charge on any atom is -0.233 e. The fraction of sp³-hybridized carbons (Fsp3) is 0.200. The van der Waals surface area contributed by atoms with Crippen LogP contribution in [0.2, 0.25) is 5.02 Å². The molecule has 1 nitrogen and oxygen atoms in total. The van der Waals surface area contributed by atoms with Gasteiger partial charge in [-0.25, -0.2) is 4.79 Å². The number of carbonyl (C=O) groups excluding carboxylic acids is 1. The van der Waals surface area contributed by atoms with E-state index < -0.39 is 0 Å². The van der Waals surface area contributed by atoms with Gasteiger partial charge in [0.25, 0.3) is 0 Å². The second-order valence-electron chi connectivity index (χ2n) is 2.44. The van der Waals surface area contributed by atoms with Crippen LogP contribution in [-0.2, 0) is 4.79 Å². The van der Waals surface area contributed by atoms with Gasteiger partial charge in [0.15, 0.2) is 0 Å². The Morgan fingerprint density at radius 3 is 2.42 bits per heavy atom. The van der Waals surface area contributed by atoms with Crippen LogP contribution in [-0.4, -0.2) is 5.94 Å². The summed E-state index contributed by atoms with van der Waals surface area (Å²) in [4.78, 5) is 10.4. The Bertz CT molecular complexity index is 307. The molecule has 0 aliphatic carbocycles. The zero-order valence-electron chi connectivity index (χ0n) is 6.80. The van der Waals surface area contributed by atoms with Gasteiger partial charge in [-0.2, -0.15) is 0 Å². The summed E-state index contributed by atoms with van der Waals surface area (Å²) in [7, 11) is 0. The first-order valence-corrected chi connectivity index (χ1v) is 4.15. The van der Waals surface area contributed by atoms with Gasteiger partial charge in [0, 0.05) is 10.6 Å². The molecule has 1 rings (SSSR count). The molecule has 0 heterocycles. The maximum Gasteiger partial charge on any atom is 0.128 e. The molecule has 62 valence electrons. The molecule has 0 spiro atoms. The van der Waals surface area contributed by atoms with Crippen molar-refractivity contribution in [2.24, 2.45) is 0 Å². The first-order valence-electron chi connectivity index (χ1n) is 3.78. The summed E-state index contributed by atoms with van der Waals surface area (Å²) in [6.45, 7) is 1.93. The summed E-state index contributed by atoms with van der Waals surface area (Å²) in [6.07, 6.45) is 0.700. The van der Waals surface area contributed by atoms with Crippen LogP contribution in [0.4, 0.5) is 0 Å². The van der Waals surface area contributed by atoms with E-state index in [9.17, 15) is 4.79 Å². The van der Waals surface area contributed by atoms with Gasteiger partial charge in [0.05, 0.1) is 0 Å². The van der Waals surface area contributed by atoms with Crippen LogP contribution in [0.15, 0.2) is 24.3 Å². The average molecular weight is 181 g/mol. The quantitative estimate of drug-likeness (QED) is 0.640. The standard InChI is InChI=1S/C10H9ClO/c1-2-8(7-12)9-3-5-10(11)6-4-9/h3-6H,2H2,1H3. The normalized spacial score (nSPS) is 9.17. The lowest BCUT2D eigenvalue weighted by Crippen LogP contribution is -1.82. The molecule has 0 saturated heterocycles. The number of hydrogen-bond acceptors (Lipinski definition) is 1. The lowest BCUT2D eigenvalue weighted by Gasteiger charge is -1.98. The van der Waals surface area contributed by atoms with E-state index >= 15 is 0 Å². The Balaban J connectivity index is 3.04. The van der Waals surface area contributed by atoms with Crippen molar-refractivity contribution < 1.29 is 4.79 Å². The Kier molecular flexibility index (Phi) is 3.09. The molecule has 0 saturated carbocycles. The van der Waals surface area contributed by atoms with E-state index in [1.165, 1.54) is 0 Å². The van der Waals surface area contributed by atoms with Crippen molar-refractivity contribution in [2.45, 2.75) is 13.3 Å². The maximum atomic E-state index is 10.4. The smallest absolute Gasteiger partial charge is 0.128 e. The molecule has 0 N–H and O–H groups in total. The van der Waals surface area contributed by atoms with Crippen LogP contribution in [0.1, 0.15) is 18.9 Å². The number of allylic oxidation sites excluding steroid dienone is 1. The van der Waals surface area contributed by atoms with Crippen LogP contribution in [0.25, 0.3) is 5.57 Å². The van der Waals surface area contributed by atoms with Gasteiger partial charge in [-0.15, -0.1) is 0 Å². The van der Waals surface area contributed by atoms with Gasteiger partial charge in [0.2, 0.25) is 0 Å². The molecule has 0 aromatic heterocycles. The maximum absolute atomic E-state index is 10.4. The van der Waals surface area contributed by atoms with Crippen LogP contribution < -0.4 is 0 Å². The molecule has 0 radical (unpaired) electrons.